The van der Waals surface area contributed by atoms with Crippen LogP contribution in [0.15, 0.2) is 24.5 Å². The first-order chi connectivity index (χ1) is 7.24. The number of nitrogens with zero attached hydrogens (tertiary/aromatic N) is 1. The van der Waals surface area contributed by atoms with Gasteiger partial charge in [-0.1, -0.05) is 0 Å². The van der Waals surface area contributed by atoms with Crippen LogP contribution in [0.5, 0.6) is 0 Å². The summed E-state index contributed by atoms with van der Waals surface area (Å²) in [5.41, 5.74) is 0.938. The van der Waals surface area contributed by atoms with Crippen LogP contribution in [0.4, 0.5) is 5.69 Å². The lowest BCUT2D eigenvalue weighted by Gasteiger charge is -2.11. The molecule has 1 heterocycles. The third kappa shape index (κ3) is 2.72. The van der Waals surface area contributed by atoms with E-state index in [0.717, 1.165) is 24.3 Å². The molecule has 1 aromatic rings. The zero-order valence-corrected chi connectivity index (χ0v) is 9.33. The molecule has 0 radical (unpaired) electrons. The smallest absolute Gasteiger partial charge is 0.225 e. The van der Waals surface area contributed by atoms with Crippen LogP contribution in [0.2, 0.25) is 0 Å². The van der Waals surface area contributed by atoms with E-state index in [1.807, 2.05) is 6.07 Å². The molecule has 0 aromatic carbocycles. The maximum atomic E-state index is 11.7. The Morgan fingerprint density at radius 1 is 1.60 bits per heavy atom. The first-order valence-electron chi connectivity index (χ1n) is 5.05. The van der Waals surface area contributed by atoms with E-state index >= 15 is 0 Å². The number of aromatic nitrogens is 1. The molecule has 2 rings (SSSR count). The molecular weight excluding hydrogens is 208 g/mol. The number of carbonyl (C=O) groups excluding carboxylic acids is 1. The van der Waals surface area contributed by atoms with E-state index in [-0.39, 0.29) is 11.3 Å². The van der Waals surface area contributed by atoms with Gasteiger partial charge in [-0.2, -0.15) is 12.6 Å². The minimum atomic E-state index is 0.0644. The van der Waals surface area contributed by atoms with Gasteiger partial charge in [-0.05, 0) is 36.1 Å². The molecule has 1 aromatic heterocycles. The molecule has 0 aliphatic heterocycles. The number of hydrogen-bond acceptors (Lipinski definition) is 3. The summed E-state index contributed by atoms with van der Waals surface area (Å²) >= 11 is 4.27. The summed E-state index contributed by atoms with van der Waals surface area (Å²) in [6, 6.07) is 3.65. The van der Waals surface area contributed by atoms with E-state index < -0.39 is 0 Å². The van der Waals surface area contributed by atoms with Gasteiger partial charge in [0, 0.05) is 12.6 Å². The highest BCUT2D eigenvalue weighted by molar-refractivity contribution is 7.80. The molecular formula is C11H14N2OS. The summed E-state index contributed by atoms with van der Waals surface area (Å²) < 4.78 is 0. The van der Waals surface area contributed by atoms with Crippen molar-refractivity contribution in [2.45, 2.75) is 19.3 Å². The van der Waals surface area contributed by atoms with E-state index in [1.165, 1.54) is 0 Å². The number of hydrogen-bond donors (Lipinski definition) is 2. The number of amides is 1. The molecule has 80 valence electrons. The average Bonchev–Trinajstić information content (AvgIpc) is 3.00. The van der Waals surface area contributed by atoms with E-state index in [9.17, 15) is 4.79 Å². The van der Waals surface area contributed by atoms with Gasteiger partial charge in [0.05, 0.1) is 11.9 Å². The maximum Gasteiger partial charge on any atom is 0.225 e. The average molecular weight is 222 g/mol. The summed E-state index contributed by atoms with van der Waals surface area (Å²) in [6.45, 7) is 0. The number of nitrogens with one attached hydrogen (secondary N) is 1. The second-order valence-electron chi connectivity index (χ2n) is 4.12. The van der Waals surface area contributed by atoms with Crippen molar-refractivity contribution >= 4 is 24.2 Å². The number of carbonyl (C=O) groups is 1. The maximum absolute atomic E-state index is 11.7. The number of anilines is 1. The van der Waals surface area contributed by atoms with Gasteiger partial charge < -0.3 is 5.32 Å². The minimum absolute atomic E-state index is 0.0644. The van der Waals surface area contributed by atoms with Gasteiger partial charge in [0.1, 0.15) is 0 Å². The van der Waals surface area contributed by atoms with Gasteiger partial charge in [-0.3, -0.25) is 9.78 Å². The molecule has 1 aliphatic rings. The highest BCUT2D eigenvalue weighted by Crippen LogP contribution is 2.49. The Bertz CT molecular complexity index is 349. The van der Waals surface area contributed by atoms with E-state index in [1.54, 1.807) is 18.5 Å². The summed E-state index contributed by atoms with van der Waals surface area (Å²) in [4.78, 5) is 15.6. The fraction of sp³-hybridized carbons (Fsp3) is 0.455. The van der Waals surface area contributed by atoms with Gasteiger partial charge in [0.2, 0.25) is 5.91 Å². The van der Waals surface area contributed by atoms with Crippen molar-refractivity contribution in [3.05, 3.63) is 24.5 Å². The quantitative estimate of drug-likeness (QED) is 0.766. The Morgan fingerprint density at radius 3 is 2.93 bits per heavy atom. The van der Waals surface area contributed by atoms with Crippen molar-refractivity contribution in [2.24, 2.45) is 5.41 Å². The van der Waals surface area contributed by atoms with Gasteiger partial charge in [0.25, 0.3) is 0 Å². The van der Waals surface area contributed by atoms with Crippen LogP contribution in [0.25, 0.3) is 0 Å². The highest BCUT2D eigenvalue weighted by atomic mass is 32.1. The van der Waals surface area contributed by atoms with Crippen LogP contribution in [-0.2, 0) is 4.79 Å². The first-order valence-corrected chi connectivity index (χ1v) is 5.68. The second-order valence-corrected chi connectivity index (χ2v) is 4.44. The van der Waals surface area contributed by atoms with Crippen LogP contribution in [0, 0.1) is 5.41 Å². The molecule has 0 spiro atoms. The molecule has 0 atom stereocenters. The van der Waals surface area contributed by atoms with Crippen LogP contribution in [0.3, 0.4) is 0 Å². The highest BCUT2D eigenvalue weighted by Gasteiger charge is 2.42. The number of rotatable bonds is 4. The normalized spacial score (nSPS) is 17.1. The molecule has 1 aliphatic carbocycles. The Hall–Kier alpha value is -1.03. The third-order valence-electron chi connectivity index (χ3n) is 2.77. The van der Waals surface area contributed by atoms with Crippen molar-refractivity contribution in [2.75, 3.05) is 11.1 Å². The van der Waals surface area contributed by atoms with Gasteiger partial charge >= 0.3 is 0 Å². The molecule has 1 N–H and O–H groups in total. The molecule has 1 saturated carbocycles. The number of pyridine rings is 1. The Morgan fingerprint density at radius 2 is 2.40 bits per heavy atom. The summed E-state index contributed by atoms with van der Waals surface area (Å²) in [7, 11) is 0. The predicted molar refractivity (Wildman–Crippen MR) is 63.0 cm³/mol. The van der Waals surface area contributed by atoms with Gasteiger partial charge in [-0.25, -0.2) is 0 Å². The zero-order chi connectivity index (χ0) is 10.7. The van der Waals surface area contributed by atoms with Crippen molar-refractivity contribution in [3.8, 4) is 0 Å². The minimum Gasteiger partial charge on any atom is -0.325 e. The number of thiol groups is 1. The van der Waals surface area contributed by atoms with Crippen molar-refractivity contribution < 1.29 is 4.79 Å². The lowest BCUT2D eigenvalue weighted by molar-refractivity contribution is -0.117. The van der Waals surface area contributed by atoms with Crippen LogP contribution < -0.4 is 5.32 Å². The summed E-state index contributed by atoms with van der Waals surface area (Å²) in [6.07, 6.45) is 6.16. The summed E-state index contributed by atoms with van der Waals surface area (Å²) in [5, 5.41) is 2.84. The lowest BCUT2D eigenvalue weighted by atomic mass is 10.1. The standard InChI is InChI=1S/C11H14N2OS/c14-10(6-11(8-15)3-4-11)13-9-2-1-5-12-7-9/h1-2,5,7,15H,3-4,6,8H2,(H,13,14). The predicted octanol–water partition coefficient (Wildman–Crippen LogP) is 2.12. The first kappa shape index (κ1) is 10.5. The molecule has 0 unspecified atom stereocenters. The van der Waals surface area contributed by atoms with Gasteiger partial charge in [0.15, 0.2) is 0 Å². The van der Waals surface area contributed by atoms with Crippen LogP contribution in [-0.4, -0.2) is 16.6 Å². The Labute approximate surface area is 94.7 Å². The molecule has 3 nitrogen and oxygen atoms in total. The van der Waals surface area contributed by atoms with E-state index in [0.29, 0.717) is 6.42 Å². The largest absolute Gasteiger partial charge is 0.325 e. The molecule has 0 saturated heterocycles. The summed E-state index contributed by atoms with van der Waals surface area (Å²) in [5.74, 6) is 0.863. The fourth-order valence-corrected chi connectivity index (χ4v) is 1.98. The zero-order valence-electron chi connectivity index (χ0n) is 8.44. The molecule has 1 fully saturated rings. The fourth-order valence-electron chi connectivity index (χ4n) is 1.55. The van der Waals surface area contributed by atoms with Crippen molar-refractivity contribution in [3.63, 3.8) is 0 Å². The molecule has 1 amide bonds. The van der Waals surface area contributed by atoms with Crippen LogP contribution in [0.1, 0.15) is 19.3 Å². The SMILES string of the molecule is O=C(CC1(CS)CC1)Nc1cccnc1. The topological polar surface area (TPSA) is 42.0 Å². The Balaban J connectivity index is 1.88. The lowest BCUT2D eigenvalue weighted by Crippen LogP contribution is -2.18. The van der Waals surface area contributed by atoms with Gasteiger partial charge in [-0.15, -0.1) is 0 Å². The van der Waals surface area contributed by atoms with Crippen LogP contribution >= 0.6 is 12.6 Å². The van der Waals surface area contributed by atoms with Crippen molar-refractivity contribution in [1.29, 1.82) is 0 Å². The third-order valence-corrected chi connectivity index (χ3v) is 3.44. The molecule has 0 bridgehead atoms. The molecule has 15 heavy (non-hydrogen) atoms. The van der Waals surface area contributed by atoms with E-state index in [4.69, 9.17) is 0 Å². The second kappa shape index (κ2) is 4.23. The van der Waals surface area contributed by atoms with E-state index in [2.05, 4.69) is 22.9 Å². The monoisotopic (exact) mass is 222 g/mol. The van der Waals surface area contributed by atoms with Crippen molar-refractivity contribution in [1.82, 2.24) is 4.98 Å². The molecule has 4 heteroatoms. The Kier molecular flexibility index (Phi) is 2.95.